The molecule has 1 aliphatic heterocycles. The summed E-state index contributed by atoms with van der Waals surface area (Å²) in [6, 6.07) is -2.79. The molecule has 12 heteroatoms. The highest BCUT2D eigenvalue weighted by Gasteiger charge is 2.60. The number of ether oxygens (including phenoxy) is 2. The summed E-state index contributed by atoms with van der Waals surface area (Å²) >= 11 is 0. The van der Waals surface area contributed by atoms with Crippen LogP contribution in [0, 0.1) is 11.7 Å². The van der Waals surface area contributed by atoms with Gasteiger partial charge in [0.2, 0.25) is 16.0 Å². The maximum Gasteiger partial charge on any atom is 0.410 e. The van der Waals surface area contributed by atoms with Crippen LogP contribution in [0.15, 0.2) is 12.4 Å². The van der Waals surface area contributed by atoms with Gasteiger partial charge in [0.25, 0.3) is 0 Å². The molecule has 0 bridgehead atoms. The molecule has 2 saturated carbocycles. The van der Waals surface area contributed by atoms with Crippen molar-refractivity contribution in [3.63, 3.8) is 0 Å². The van der Waals surface area contributed by atoms with E-state index in [0.717, 1.165) is 25.7 Å². The highest BCUT2D eigenvalue weighted by molar-refractivity contribution is 7.89. The molecule has 1 aromatic rings. The van der Waals surface area contributed by atoms with E-state index in [0.29, 0.717) is 31.1 Å². The number of hydrogen-bond donors (Lipinski definition) is 1. The molecule has 0 aromatic carbocycles. The van der Waals surface area contributed by atoms with Gasteiger partial charge in [-0.1, -0.05) is 0 Å². The van der Waals surface area contributed by atoms with Crippen LogP contribution in [0.5, 0.6) is 0 Å². The van der Waals surface area contributed by atoms with Crippen LogP contribution in [0.4, 0.5) is 13.6 Å². The Morgan fingerprint density at radius 3 is 2.71 bits per heavy atom. The lowest BCUT2D eigenvalue weighted by Gasteiger charge is -2.41. The maximum atomic E-state index is 13.2. The van der Waals surface area contributed by atoms with Crippen molar-refractivity contribution < 1.29 is 31.5 Å². The van der Waals surface area contributed by atoms with E-state index in [9.17, 15) is 22.0 Å². The fourth-order valence-electron chi connectivity index (χ4n) is 5.35. The first-order chi connectivity index (χ1) is 16.1. The molecule has 1 saturated heterocycles. The van der Waals surface area contributed by atoms with Crippen LogP contribution in [0.1, 0.15) is 58.2 Å². The predicted molar refractivity (Wildman–Crippen MR) is 119 cm³/mol. The minimum Gasteiger partial charge on any atom is -0.447 e. The number of nitrogens with zero attached hydrogens (tertiary/aromatic N) is 3. The molecule has 2 heterocycles. The molecule has 1 N–H and O–H groups in total. The van der Waals surface area contributed by atoms with Gasteiger partial charge in [-0.2, -0.15) is 0 Å². The monoisotopic (exact) mass is 502 g/mol. The first kappa shape index (κ1) is 25.2. The number of carbonyl (C=O) groups excluding carboxylic acids is 1. The smallest absolute Gasteiger partial charge is 0.410 e. The van der Waals surface area contributed by atoms with Gasteiger partial charge in [0.15, 0.2) is 5.82 Å². The Labute approximate surface area is 198 Å². The normalized spacial score (nSPS) is 31.3. The zero-order chi connectivity index (χ0) is 24.5. The number of amides is 1. The quantitative estimate of drug-likeness (QED) is 0.582. The van der Waals surface area contributed by atoms with Gasteiger partial charge in [-0.15, -0.1) is 0 Å². The van der Waals surface area contributed by atoms with Crippen molar-refractivity contribution in [3.8, 4) is 0 Å². The number of fused-ring (bicyclic) bond motifs is 1. The third kappa shape index (κ3) is 5.49. The fourth-order valence-corrected chi connectivity index (χ4v) is 6.15. The van der Waals surface area contributed by atoms with Gasteiger partial charge in [0, 0.05) is 18.0 Å². The Bertz CT molecular complexity index is 980. The Morgan fingerprint density at radius 1 is 1.32 bits per heavy atom. The number of sulfonamides is 1. The Morgan fingerprint density at radius 2 is 2.06 bits per heavy atom. The summed E-state index contributed by atoms with van der Waals surface area (Å²) in [5, 5.41) is 0. The number of rotatable bonds is 8. The molecular weight excluding hydrogens is 470 g/mol. The second-order valence-electron chi connectivity index (χ2n) is 9.80. The van der Waals surface area contributed by atoms with E-state index >= 15 is 0 Å². The summed E-state index contributed by atoms with van der Waals surface area (Å²) in [5.74, 6) is 0.555. The van der Waals surface area contributed by atoms with Crippen LogP contribution < -0.4 is 4.72 Å². The lowest BCUT2D eigenvalue weighted by Crippen LogP contribution is -2.59. The molecule has 1 amide bonds. The van der Waals surface area contributed by atoms with E-state index in [2.05, 4.69) is 14.7 Å². The van der Waals surface area contributed by atoms with Gasteiger partial charge in [0.1, 0.15) is 5.82 Å². The van der Waals surface area contributed by atoms with E-state index in [1.165, 1.54) is 17.3 Å². The predicted octanol–water partition coefficient (Wildman–Crippen LogP) is 2.67. The molecule has 4 rings (SSSR count). The molecule has 2 aliphatic carbocycles. The van der Waals surface area contributed by atoms with Crippen LogP contribution in [-0.2, 0) is 24.9 Å². The highest BCUT2D eigenvalue weighted by atomic mass is 32.2. The standard InChI is InChI=1S/C22H32F2N4O5S/c1-14(2)33-21(29)28-7-3-4-18(27-34(30,31)13-23)19(28)12-32-17-5-6-22(9-15(22)8-17)20-25-10-16(24)11-26-20/h10-11,14-15,17-19,27H,3-9,12-13H2,1-2H3/t15-,17+,18+,19+,22-/m1/s1. The first-order valence-electron chi connectivity index (χ1n) is 11.8. The molecule has 5 atom stereocenters. The zero-order valence-electron chi connectivity index (χ0n) is 19.5. The maximum absolute atomic E-state index is 13.2. The lowest BCUT2D eigenvalue weighted by atomic mass is 9.86. The molecule has 3 aliphatic rings. The van der Waals surface area contributed by atoms with Gasteiger partial charge in [0.05, 0.1) is 37.3 Å². The SMILES string of the molecule is CC(C)OC(=O)N1CCC[C@H](NS(=O)(=O)CF)[C@@H]1CO[C@H]1CC[C@@]2(c3ncc(F)cn3)C[C@H]2C1. The molecule has 190 valence electrons. The average molecular weight is 503 g/mol. The van der Waals surface area contributed by atoms with E-state index in [-0.39, 0.29) is 24.2 Å². The van der Waals surface area contributed by atoms with E-state index in [1.807, 2.05) is 0 Å². The van der Waals surface area contributed by atoms with Gasteiger partial charge in [-0.25, -0.2) is 36.7 Å². The Balaban J connectivity index is 1.40. The molecular formula is C22H32F2N4O5S. The van der Waals surface area contributed by atoms with Crippen LogP contribution in [-0.4, -0.2) is 72.8 Å². The summed E-state index contributed by atoms with van der Waals surface area (Å²) in [7, 11) is -4.10. The molecule has 34 heavy (non-hydrogen) atoms. The number of alkyl halides is 1. The Hall–Kier alpha value is -1.92. The summed E-state index contributed by atoms with van der Waals surface area (Å²) in [5.41, 5.74) is -0.120. The van der Waals surface area contributed by atoms with Crippen molar-refractivity contribution in [2.75, 3.05) is 19.2 Å². The second-order valence-corrected chi connectivity index (χ2v) is 11.5. The number of piperidine rings is 1. The molecule has 0 spiro atoms. The summed E-state index contributed by atoms with van der Waals surface area (Å²) in [4.78, 5) is 22.5. The molecule has 0 radical (unpaired) electrons. The van der Waals surface area contributed by atoms with E-state index in [1.54, 1.807) is 13.8 Å². The number of aromatic nitrogens is 2. The van der Waals surface area contributed by atoms with Crippen LogP contribution in [0.3, 0.4) is 0 Å². The van der Waals surface area contributed by atoms with Crippen molar-refractivity contribution in [2.24, 2.45) is 5.92 Å². The van der Waals surface area contributed by atoms with Crippen molar-refractivity contribution in [2.45, 2.75) is 82.1 Å². The van der Waals surface area contributed by atoms with E-state index < -0.39 is 40.0 Å². The number of halogens is 2. The van der Waals surface area contributed by atoms with Crippen molar-refractivity contribution in [1.29, 1.82) is 0 Å². The van der Waals surface area contributed by atoms with Crippen LogP contribution in [0.2, 0.25) is 0 Å². The summed E-state index contributed by atoms with van der Waals surface area (Å²) < 4.78 is 64.0. The Kier molecular flexibility index (Phi) is 7.39. The fraction of sp³-hybridized carbons (Fsp3) is 0.773. The third-order valence-electron chi connectivity index (χ3n) is 7.08. The van der Waals surface area contributed by atoms with Gasteiger partial charge in [-0.05, 0) is 58.3 Å². The second kappa shape index (κ2) is 9.98. The summed E-state index contributed by atoms with van der Waals surface area (Å²) in [6.07, 6.45) is 5.77. The largest absolute Gasteiger partial charge is 0.447 e. The van der Waals surface area contributed by atoms with Crippen molar-refractivity contribution in [3.05, 3.63) is 24.0 Å². The van der Waals surface area contributed by atoms with Gasteiger partial charge in [-0.3, -0.25) is 0 Å². The molecule has 9 nitrogen and oxygen atoms in total. The van der Waals surface area contributed by atoms with Gasteiger partial charge >= 0.3 is 6.09 Å². The van der Waals surface area contributed by atoms with Crippen LogP contribution in [0.25, 0.3) is 0 Å². The first-order valence-corrected chi connectivity index (χ1v) is 13.4. The van der Waals surface area contributed by atoms with Gasteiger partial charge < -0.3 is 14.4 Å². The number of likely N-dealkylation sites (tertiary alicyclic amines) is 1. The summed E-state index contributed by atoms with van der Waals surface area (Å²) in [6.45, 7) is 4.01. The number of carbonyl (C=O) groups is 1. The van der Waals surface area contributed by atoms with Crippen molar-refractivity contribution in [1.82, 2.24) is 19.6 Å². The topological polar surface area (TPSA) is 111 Å². The van der Waals surface area contributed by atoms with Crippen LogP contribution >= 0.6 is 0 Å². The molecule has 1 aromatic heterocycles. The average Bonchev–Trinajstić information content (AvgIpc) is 3.52. The highest BCUT2D eigenvalue weighted by Crippen LogP contribution is 2.61. The number of hydrogen-bond acceptors (Lipinski definition) is 7. The molecule has 0 unspecified atom stereocenters. The molecule has 3 fully saturated rings. The van der Waals surface area contributed by atoms with E-state index in [4.69, 9.17) is 9.47 Å². The van der Waals surface area contributed by atoms with Crippen molar-refractivity contribution >= 4 is 16.1 Å². The lowest BCUT2D eigenvalue weighted by molar-refractivity contribution is -0.0308. The minimum atomic E-state index is -4.10. The zero-order valence-corrected chi connectivity index (χ0v) is 20.3. The third-order valence-corrected chi connectivity index (χ3v) is 8.03. The number of nitrogens with one attached hydrogen (secondary N) is 1. The minimum absolute atomic E-state index is 0.0654.